The van der Waals surface area contributed by atoms with Crippen molar-refractivity contribution in [3.63, 3.8) is 0 Å². The van der Waals surface area contributed by atoms with E-state index < -0.39 is 0 Å². The van der Waals surface area contributed by atoms with E-state index in [9.17, 15) is 0 Å². The van der Waals surface area contributed by atoms with Gasteiger partial charge in [-0.3, -0.25) is 0 Å². The van der Waals surface area contributed by atoms with Crippen LogP contribution in [0.2, 0.25) is 0 Å². The van der Waals surface area contributed by atoms with Gasteiger partial charge in [0, 0.05) is 56.8 Å². The van der Waals surface area contributed by atoms with Crippen molar-refractivity contribution >= 4 is 22.3 Å². The minimum atomic E-state index is 0. The van der Waals surface area contributed by atoms with Crippen LogP contribution < -0.4 is 5.32 Å². The standard InChI is InChI=1S/C15H17N6S.Ac/c1-11-12(10-21-6-4-17-5-7-21)2-3-18-14(11)20-15-19-9-13(8-16)22-15;/h2-3,9H,4-7,10H2,1H3,(H,18,19,20);/q-1;. The summed E-state index contributed by atoms with van der Waals surface area (Å²) in [6, 6.07) is 4.16. The van der Waals surface area contributed by atoms with E-state index in [1.165, 1.54) is 16.9 Å². The quantitative estimate of drug-likeness (QED) is 0.646. The van der Waals surface area contributed by atoms with Crippen molar-refractivity contribution in [2.45, 2.75) is 13.5 Å². The molecule has 1 aliphatic rings. The number of thiazole rings is 1. The SMILES string of the molecule is Cc1c(CN2CC[N-]CC2)ccnc1Nc1ncc(C#N)s1.[Ac]. The Labute approximate surface area is 175 Å². The van der Waals surface area contributed by atoms with E-state index >= 15 is 0 Å². The molecule has 6 nitrogen and oxygen atoms in total. The van der Waals surface area contributed by atoms with Crippen molar-refractivity contribution in [2.24, 2.45) is 0 Å². The van der Waals surface area contributed by atoms with Crippen molar-refractivity contribution < 1.29 is 44.1 Å². The Morgan fingerprint density at radius 2 is 2.17 bits per heavy atom. The van der Waals surface area contributed by atoms with Crippen molar-refractivity contribution in [3.05, 3.63) is 39.8 Å². The number of nitrogens with one attached hydrogen (secondary N) is 1. The second-order valence-electron chi connectivity index (χ2n) is 5.16. The molecule has 8 heteroatoms. The van der Waals surface area contributed by atoms with Crippen LogP contribution in [0.3, 0.4) is 0 Å². The zero-order valence-electron chi connectivity index (χ0n) is 13.0. The number of pyridine rings is 1. The molecule has 0 bridgehead atoms. The third-order valence-electron chi connectivity index (χ3n) is 3.70. The number of rotatable bonds is 4. The molecule has 3 heterocycles. The van der Waals surface area contributed by atoms with Crippen LogP contribution in [0.15, 0.2) is 18.5 Å². The van der Waals surface area contributed by atoms with Gasteiger partial charge < -0.3 is 15.5 Å². The van der Waals surface area contributed by atoms with Crippen LogP contribution in [0.25, 0.3) is 5.32 Å². The number of hydrogen-bond acceptors (Lipinski definition) is 6. The first kappa shape index (κ1) is 18.8. The molecule has 1 aliphatic heterocycles. The molecule has 0 saturated carbocycles. The number of nitrogens with zero attached hydrogens (tertiary/aromatic N) is 5. The number of hydrogen-bond donors (Lipinski definition) is 1. The van der Waals surface area contributed by atoms with E-state index in [0.717, 1.165) is 44.1 Å². The Kier molecular flexibility index (Phi) is 7.39. The van der Waals surface area contributed by atoms with E-state index in [1.54, 1.807) is 6.20 Å². The van der Waals surface area contributed by atoms with Gasteiger partial charge in [-0.25, -0.2) is 9.97 Å². The van der Waals surface area contributed by atoms with Crippen LogP contribution in [0.1, 0.15) is 16.0 Å². The van der Waals surface area contributed by atoms with E-state index in [-0.39, 0.29) is 44.1 Å². The zero-order valence-corrected chi connectivity index (χ0v) is 18.6. The minimum Gasteiger partial charge on any atom is -0.660 e. The van der Waals surface area contributed by atoms with Crippen molar-refractivity contribution in [3.8, 4) is 6.07 Å². The van der Waals surface area contributed by atoms with Crippen LogP contribution >= 0.6 is 11.3 Å². The van der Waals surface area contributed by atoms with Gasteiger partial charge in [0.2, 0.25) is 0 Å². The van der Waals surface area contributed by atoms with Crippen molar-refractivity contribution in [2.75, 3.05) is 31.5 Å². The first-order valence-electron chi connectivity index (χ1n) is 7.19. The molecule has 0 atom stereocenters. The normalized spacial score (nSPS) is 14.8. The molecule has 3 rings (SSSR count). The molecule has 1 N–H and O–H groups in total. The largest absolute Gasteiger partial charge is 0.660 e. The van der Waals surface area contributed by atoms with Crippen LogP contribution in [-0.2, 0) is 6.54 Å². The Morgan fingerprint density at radius 3 is 2.87 bits per heavy atom. The Hall–Kier alpha value is -0.568. The molecule has 1 fully saturated rings. The summed E-state index contributed by atoms with van der Waals surface area (Å²) in [4.78, 5) is 11.6. The van der Waals surface area contributed by atoms with E-state index in [4.69, 9.17) is 5.26 Å². The fourth-order valence-electron chi connectivity index (χ4n) is 2.40. The molecule has 23 heavy (non-hydrogen) atoms. The van der Waals surface area contributed by atoms with Gasteiger partial charge in [-0.15, -0.1) is 13.1 Å². The summed E-state index contributed by atoms with van der Waals surface area (Å²) in [6.07, 6.45) is 3.39. The fraction of sp³-hybridized carbons (Fsp3) is 0.400. The molecular formula is C15H17AcN6S-. The maximum absolute atomic E-state index is 8.86. The molecule has 0 aromatic carbocycles. The summed E-state index contributed by atoms with van der Waals surface area (Å²) in [7, 11) is 0. The van der Waals surface area contributed by atoms with Gasteiger partial charge >= 0.3 is 0 Å². The Morgan fingerprint density at radius 1 is 1.39 bits per heavy atom. The van der Waals surface area contributed by atoms with Crippen LogP contribution in [0.4, 0.5) is 10.9 Å². The molecule has 2 aromatic heterocycles. The van der Waals surface area contributed by atoms with Gasteiger partial charge in [-0.1, -0.05) is 11.3 Å². The van der Waals surface area contributed by atoms with E-state index in [0.29, 0.717) is 10.0 Å². The van der Waals surface area contributed by atoms with Crippen molar-refractivity contribution in [1.82, 2.24) is 14.9 Å². The summed E-state index contributed by atoms with van der Waals surface area (Å²) in [5.41, 5.74) is 2.38. The summed E-state index contributed by atoms with van der Waals surface area (Å²) < 4.78 is 0. The molecule has 2 aromatic rings. The summed E-state index contributed by atoms with van der Waals surface area (Å²) >= 11 is 1.33. The van der Waals surface area contributed by atoms with Crippen LogP contribution in [0.5, 0.6) is 0 Å². The zero-order chi connectivity index (χ0) is 15.4. The maximum atomic E-state index is 8.86. The van der Waals surface area contributed by atoms with Gasteiger partial charge in [0.25, 0.3) is 0 Å². The van der Waals surface area contributed by atoms with Crippen LogP contribution in [-0.4, -0.2) is 41.0 Å². The molecular weight excluding hydrogens is 523 g/mol. The van der Waals surface area contributed by atoms with Gasteiger partial charge in [0.05, 0.1) is 6.20 Å². The molecule has 1 radical (unpaired) electrons. The Balaban J connectivity index is 0.00000192. The number of nitriles is 1. The molecule has 1 saturated heterocycles. The van der Waals surface area contributed by atoms with Gasteiger partial charge in [-0.2, -0.15) is 5.26 Å². The van der Waals surface area contributed by atoms with Crippen molar-refractivity contribution in [1.29, 1.82) is 5.26 Å². The molecule has 0 unspecified atom stereocenters. The summed E-state index contributed by atoms with van der Waals surface area (Å²) in [6.45, 7) is 6.86. The third kappa shape index (κ3) is 4.95. The van der Waals surface area contributed by atoms with E-state index in [1.807, 2.05) is 6.20 Å². The van der Waals surface area contributed by atoms with Gasteiger partial charge in [-0.05, 0) is 37.2 Å². The maximum Gasteiger partial charge on any atom is 0.189 e. The monoisotopic (exact) mass is 540 g/mol. The molecule has 0 spiro atoms. The van der Waals surface area contributed by atoms with Gasteiger partial charge in [0.1, 0.15) is 16.8 Å². The second-order valence-corrected chi connectivity index (χ2v) is 6.19. The Bertz CT molecular complexity index is 690. The first-order chi connectivity index (χ1) is 10.8. The third-order valence-corrected chi connectivity index (χ3v) is 4.52. The smallest absolute Gasteiger partial charge is 0.189 e. The number of aromatic nitrogens is 2. The van der Waals surface area contributed by atoms with E-state index in [2.05, 4.69) is 44.6 Å². The molecule has 117 valence electrons. The van der Waals surface area contributed by atoms with Gasteiger partial charge in [0.15, 0.2) is 5.13 Å². The topological polar surface area (TPSA) is 78.9 Å². The molecule has 0 aliphatic carbocycles. The fourth-order valence-corrected chi connectivity index (χ4v) is 3.02. The second kappa shape index (κ2) is 9.06. The minimum absolute atomic E-state index is 0. The summed E-state index contributed by atoms with van der Waals surface area (Å²) in [5.74, 6) is 0.804. The average molecular weight is 540 g/mol. The predicted octanol–water partition coefficient (Wildman–Crippen LogP) is 2.65. The predicted molar refractivity (Wildman–Crippen MR) is 87.5 cm³/mol. The van der Waals surface area contributed by atoms with Crippen LogP contribution in [0, 0.1) is 62.3 Å². The summed E-state index contributed by atoms with van der Waals surface area (Å²) in [5, 5.41) is 17.1. The number of piperazine rings is 1. The first-order valence-corrected chi connectivity index (χ1v) is 8.01. The molecule has 0 amide bonds. The number of anilines is 2. The average Bonchev–Trinajstić information content (AvgIpc) is 3.00.